The number of H-pyrrole nitrogens is 1. The van der Waals surface area contributed by atoms with E-state index in [9.17, 15) is 4.79 Å². The molecule has 9 nitrogen and oxygen atoms in total. The van der Waals surface area contributed by atoms with Crippen LogP contribution in [-0.4, -0.2) is 36.5 Å². The molecule has 2 aliphatic rings. The summed E-state index contributed by atoms with van der Waals surface area (Å²) in [5.74, 6) is 0.852. The number of anilines is 1. The van der Waals surface area contributed by atoms with Gasteiger partial charge in [-0.15, -0.1) is 0 Å². The molecule has 152 valence electrons. The summed E-state index contributed by atoms with van der Waals surface area (Å²) in [7, 11) is 0. The van der Waals surface area contributed by atoms with Crippen molar-refractivity contribution < 1.29 is 4.79 Å². The monoisotopic (exact) mass is 410 g/mol. The van der Waals surface area contributed by atoms with Crippen LogP contribution in [0.15, 0.2) is 54.3 Å². The lowest BCUT2D eigenvalue weighted by Gasteiger charge is -2.17. The standard InChI is InChI=1S/C22H18N8O/c31-22(12-1-2-12)27-15-5-13(7-24-10-15)18-6-16-14(8-25-18)9-26-30-20(16)21-28-17-3-4-23-11-19(17)29-21/h3-8,10-12,26H,1-2,9H2,(H,27,31)(H,28,29). The number of hydrazone groups is 1. The minimum Gasteiger partial charge on any atom is -0.335 e. The fraction of sp³-hybridized carbons (Fsp3) is 0.182. The summed E-state index contributed by atoms with van der Waals surface area (Å²) in [6.07, 6.45) is 10.6. The summed E-state index contributed by atoms with van der Waals surface area (Å²) < 4.78 is 0. The molecule has 0 saturated heterocycles. The van der Waals surface area contributed by atoms with Crippen LogP contribution in [0.5, 0.6) is 0 Å². The molecule has 6 rings (SSSR count). The first kappa shape index (κ1) is 17.7. The summed E-state index contributed by atoms with van der Waals surface area (Å²) >= 11 is 0. The van der Waals surface area contributed by atoms with Crippen molar-refractivity contribution in [1.82, 2.24) is 30.3 Å². The Balaban J connectivity index is 1.37. The number of hydrogen-bond acceptors (Lipinski definition) is 7. The van der Waals surface area contributed by atoms with Gasteiger partial charge < -0.3 is 15.7 Å². The van der Waals surface area contributed by atoms with E-state index in [1.807, 2.05) is 24.4 Å². The van der Waals surface area contributed by atoms with E-state index in [0.717, 1.165) is 46.3 Å². The first-order chi connectivity index (χ1) is 15.2. The number of pyridine rings is 3. The molecule has 4 aromatic heterocycles. The molecular formula is C22H18N8O. The zero-order valence-corrected chi connectivity index (χ0v) is 16.5. The average molecular weight is 410 g/mol. The molecule has 0 unspecified atom stereocenters. The third-order valence-corrected chi connectivity index (χ3v) is 5.46. The fourth-order valence-corrected chi connectivity index (χ4v) is 3.65. The van der Waals surface area contributed by atoms with Crippen LogP contribution in [-0.2, 0) is 11.3 Å². The molecule has 3 N–H and O–H groups in total. The number of amides is 1. The Kier molecular flexibility index (Phi) is 3.98. The number of fused-ring (bicyclic) bond motifs is 2. The van der Waals surface area contributed by atoms with Crippen LogP contribution in [0.4, 0.5) is 5.69 Å². The predicted molar refractivity (Wildman–Crippen MR) is 115 cm³/mol. The highest BCUT2D eigenvalue weighted by atomic mass is 16.2. The molecule has 9 heteroatoms. The molecule has 1 saturated carbocycles. The van der Waals surface area contributed by atoms with Crippen molar-refractivity contribution in [1.29, 1.82) is 0 Å². The lowest BCUT2D eigenvalue weighted by atomic mass is 10.0. The Bertz CT molecular complexity index is 1320. The number of nitrogens with zero attached hydrogens (tertiary/aromatic N) is 5. The normalized spacial score (nSPS) is 15.2. The summed E-state index contributed by atoms with van der Waals surface area (Å²) in [5.41, 5.74) is 9.67. The van der Waals surface area contributed by atoms with Crippen molar-refractivity contribution in [3.8, 4) is 11.3 Å². The zero-order chi connectivity index (χ0) is 20.8. The summed E-state index contributed by atoms with van der Waals surface area (Å²) in [6, 6.07) is 5.74. The van der Waals surface area contributed by atoms with Crippen LogP contribution in [0.2, 0.25) is 0 Å². The topological polar surface area (TPSA) is 121 Å². The molecular weight excluding hydrogens is 392 g/mol. The van der Waals surface area contributed by atoms with Gasteiger partial charge in [0.05, 0.1) is 41.4 Å². The van der Waals surface area contributed by atoms with Crippen molar-refractivity contribution >= 4 is 28.3 Å². The molecule has 4 aromatic rings. The largest absolute Gasteiger partial charge is 0.335 e. The summed E-state index contributed by atoms with van der Waals surface area (Å²) in [6.45, 7) is 0.587. The molecule has 0 radical (unpaired) electrons. The number of nitrogens with one attached hydrogen (secondary N) is 3. The van der Waals surface area contributed by atoms with Crippen molar-refractivity contribution in [2.24, 2.45) is 11.0 Å². The molecule has 0 aromatic carbocycles. The van der Waals surface area contributed by atoms with Crippen molar-refractivity contribution in [3.05, 3.63) is 66.1 Å². The highest BCUT2D eigenvalue weighted by molar-refractivity contribution is 6.13. The van der Waals surface area contributed by atoms with Gasteiger partial charge in [-0.05, 0) is 31.0 Å². The molecule has 1 aliphatic carbocycles. The number of hydrogen-bond donors (Lipinski definition) is 3. The molecule has 1 amide bonds. The van der Waals surface area contributed by atoms with Crippen molar-refractivity contribution in [3.63, 3.8) is 0 Å². The SMILES string of the molecule is O=C(Nc1cncc(-c2cc3c(cn2)CNN=C3c2nc3ccncc3[nH]2)c1)C1CC1. The Hall–Kier alpha value is -4.14. The number of carbonyl (C=O) groups is 1. The molecule has 0 spiro atoms. The van der Waals surface area contributed by atoms with Gasteiger partial charge in [-0.2, -0.15) is 5.10 Å². The number of rotatable bonds is 4. The molecule has 0 atom stereocenters. The molecule has 1 fully saturated rings. The van der Waals surface area contributed by atoms with E-state index in [1.165, 1.54) is 0 Å². The third-order valence-electron chi connectivity index (χ3n) is 5.46. The minimum absolute atomic E-state index is 0.0530. The number of imidazole rings is 1. The Morgan fingerprint density at radius 3 is 2.90 bits per heavy atom. The fourth-order valence-electron chi connectivity index (χ4n) is 3.65. The maximum Gasteiger partial charge on any atom is 0.227 e. The maximum atomic E-state index is 12.1. The van der Waals surface area contributed by atoms with Gasteiger partial charge in [-0.25, -0.2) is 4.98 Å². The predicted octanol–water partition coefficient (Wildman–Crippen LogP) is 2.62. The van der Waals surface area contributed by atoms with Crippen LogP contribution in [0.1, 0.15) is 29.8 Å². The molecule has 5 heterocycles. The number of aromatic amines is 1. The van der Waals surface area contributed by atoms with E-state index in [0.29, 0.717) is 23.8 Å². The quantitative estimate of drug-likeness (QED) is 0.476. The first-order valence-electron chi connectivity index (χ1n) is 10.1. The molecule has 31 heavy (non-hydrogen) atoms. The second-order valence-corrected chi connectivity index (χ2v) is 7.73. The summed E-state index contributed by atoms with van der Waals surface area (Å²) in [5, 5.41) is 7.45. The lowest BCUT2D eigenvalue weighted by molar-refractivity contribution is -0.117. The maximum absolute atomic E-state index is 12.1. The van der Waals surface area contributed by atoms with Gasteiger partial charge in [0.15, 0.2) is 5.82 Å². The zero-order valence-electron chi connectivity index (χ0n) is 16.5. The highest BCUT2D eigenvalue weighted by Crippen LogP contribution is 2.31. The van der Waals surface area contributed by atoms with E-state index < -0.39 is 0 Å². The lowest BCUT2D eigenvalue weighted by Crippen LogP contribution is -2.22. The van der Waals surface area contributed by atoms with Gasteiger partial charge in [-0.1, -0.05) is 0 Å². The Labute approximate surface area is 177 Å². The minimum atomic E-state index is 0.0530. The van der Waals surface area contributed by atoms with Crippen LogP contribution in [0.25, 0.3) is 22.3 Å². The van der Waals surface area contributed by atoms with Crippen LogP contribution >= 0.6 is 0 Å². The van der Waals surface area contributed by atoms with Crippen LogP contribution < -0.4 is 10.7 Å². The van der Waals surface area contributed by atoms with Crippen molar-refractivity contribution in [2.75, 3.05) is 5.32 Å². The first-order valence-corrected chi connectivity index (χ1v) is 10.1. The van der Waals surface area contributed by atoms with Crippen molar-refractivity contribution in [2.45, 2.75) is 19.4 Å². The van der Waals surface area contributed by atoms with Gasteiger partial charge >= 0.3 is 0 Å². The summed E-state index contributed by atoms with van der Waals surface area (Å²) in [4.78, 5) is 33.1. The Morgan fingerprint density at radius 2 is 2.03 bits per heavy atom. The molecule has 0 bridgehead atoms. The van der Waals surface area contributed by atoms with E-state index in [4.69, 9.17) is 0 Å². The second kappa shape index (κ2) is 6.98. The Morgan fingerprint density at radius 1 is 1.10 bits per heavy atom. The van der Waals surface area contributed by atoms with E-state index in [-0.39, 0.29) is 11.8 Å². The van der Waals surface area contributed by atoms with E-state index in [1.54, 1.807) is 24.8 Å². The smallest absolute Gasteiger partial charge is 0.227 e. The van der Waals surface area contributed by atoms with Crippen LogP contribution in [0, 0.1) is 5.92 Å². The second-order valence-electron chi connectivity index (χ2n) is 7.73. The van der Waals surface area contributed by atoms with Gasteiger partial charge in [0.1, 0.15) is 5.71 Å². The number of carbonyl (C=O) groups excluding carboxylic acids is 1. The van der Waals surface area contributed by atoms with Crippen LogP contribution in [0.3, 0.4) is 0 Å². The number of aromatic nitrogens is 5. The third kappa shape index (κ3) is 3.29. The van der Waals surface area contributed by atoms with Gasteiger partial charge in [0.25, 0.3) is 0 Å². The highest BCUT2D eigenvalue weighted by Gasteiger charge is 2.29. The van der Waals surface area contributed by atoms with E-state index in [2.05, 4.69) is 40.8 Å². The molecule has 1 aliphatic heterocycles. The van der Waals surface area contributed by atoms with E-state index >= 15 is 0 Å². The average Bonchev–Trinajstić information content (AvgIpc) is 3.57. The van der Waals surface area contributed by atoms with Gasteiger partial charge in [-0.3, -0.25) is 19.7 Å². The van der Waals surface area contributed by atoms with Gasteiger partial charge in [0, 0.05) is 41.2 Å². The van der Waals surface area contributed by atoms with Gasteiger partial charge in [0.2, 0.25) is 5.91 Å².